The van der Waals surface area contributed by atoms with E-state index in [2.05, 4.69) is 15.1 Å². The van der Waals surface area contributed by atoms with E-state index >= 15 is 0 Å². The van der Waals surface area contributed by atoms with Gasteiger partial charge in [-0.3, -0.25) is 9.36 Å². The van der Waals surface area contributed by atoms with Crippen LogP contribution < -0.4 is 5.56 Å². The van der Waals surface area contributed by atoms with Crippen LogP contribution in [0.5, 0.6) is 0 Å². The Morgan fingerprint density at radius 3 is 3.17 bits per heavy atom. The van der Waals surface area contributed by atoms with E-state index in [4.69, 9.17) is 16.7 Å². The average Bonchev–Trinajstić information content (AvgIpc) is 2.93. The van der Waals surface area contributed by atoms with Gasteiger partial charge >= 0.3 is 0 Å². The zero-order valence-corrected chi connectivity index (χ0v) is 11.0. The molecule has 0 atom stereocenters. The minimum absolute atomic E-state index is 0.141. The summed E-state index contributed by atoms with van der Waals surface area (Å²) in [6.45, 7) is 1.90. The van der Waals surface area contributed by atoms with Crippen molar-refractivity contribution < 1.29 is 4.52 Å². The summed E-state index contributed by atoms with van der Waals surface area (Å²) >= 11 is 6.62. The summed E-state index contributed by atoms with van der Waals surface area (Å²) in [4.78, 5) is 20.1. The standard InChI is InChI=1S/C10H8N4O2S2/c1-5-11-7(13-16-5)4-14-9(15)6-2-3-18-8(6)12-10(14)17/h2-3H,4H2,1H3,(H,12,17). The van der Waals surface area contributed by atoms with Crippen LogP contribution in [0, 0.1) is 11.7 Å². The lowest BCUT2D eigenvalue weighted by Gasteiger charge is -2.02. The molecule has 0 aliphatic heterocycles. The predicted molar refractivity (Wildman–Crippen MR) is 69.4 cm³/mol. The summed E-state index contributed by atoms with van der Waals surface area (Å²) < 4.78 is 6.65. The van der Waals surface area contributed by atoms with Crippen LogP contribution in [0.2, 0.25) is 0 Å². The summed E-state index contributed by atoms with van der Waals surface area (Å²) in [5.41, 5.74) is -0.141. The van der Waals surface area contributed by atoms with E-state index in [9.17, 15) is 4.79 Å². The fraction of sp³-hybridized carbons (Fsp3) is 0.200. The van der Waals surface area contributed by atoms with Crippen molar-refractivity contribution in [2.45, 2.75) is 13.5 Å². The molecule has 3 rings (SSSR count). The molecule has 0 aromatic carbocycles. The Labute approximate surface area is 110 Å². The Kier molecular flexibility index (Phi) is 2.60. The summed E-state index contributed by atoms with van der Waals surface area (Å²) in [6.07, 6.45) is 0. The summed E-state index contributed by atoms with van der Waals surface area (Å²) in [6, 6.07) is 1.77. The molecule has 0 unspecified atom stereocenters. The molecule has 3 aromatic rings. The van der Waals surface area contributed by atoms with E-state index in [-0.39, 0.29) is 12.1 Å². The van der Waals surface area contributed by atoms with Crippen LogP contribution in [0.15, 0.2) is 20.8 Å². The van der Waals surface area contributed by atoms with Gasteiger partial charge in [0.25, 0.3) is 5.56 Å². The van der Waals surface area contributed by atoms with Crippen LogP contribution in [0.4, 0.5) is 0 Å². The van der Waals surface area contributed by atoms with Gasteiger partial charge in [-0.2, -0.15) is 4.98 Å². The molecule has 6 nitrogen and oxygen atoms in total. The molecular formula is C10H8N4O2S2. The summed E-state index contributed by atoms with van der Waals surface area (Å²) in [7, 11) is 0. The highest BCUT2D eigenvalue weighted by Gasteiger charge is 2.10. The van der Waals surface area contributed by atoms with Crippen molar-refractivity contribution in [3.63, 3.8) is 0 Å². The first-order valence-electron chi connectivity index (χ1n) is 5.14. The van der Waals surface area contributed by atoms with Crippen molar-refractivity contribution in [3.05, 3.63) is 38.3 Å². The number of H-pyrrole nitrogens is 1. The molecule has 0 aliphatic carbocycles. The van der Waals surface area contributed by atoms with Crippen LogP contribution >= 0.6 is 23.6 Å². The maximum absolute atomic E-state index is 12.2. The highest BCUT2D eigenvalue weighted by atomic mass is 32.1. The molecule has 8 heteroatoms. The quantitative estimate of drug-likeness (QED) is 0.725. The summed E-state index contributed by atoms with van der Waals surface area (Å²) in [5, 5.41) is 6.22. The van der Waals surface area contributed by atoms with Crippen molar-refractivity contribution in [2.24, 2.45) is 0 Å². The largest absolute Gasteiger partial charge is 0.340 e. The molecule has 0 saturated heterocycles. The third-order valence-electron chi connectivity index (χ3n) is 2.48. The molecule has 0 amide bonds. The predicted octanol–water partition coefficient (Wildman–Crippen LogP) is 1.86. The topological polar surface area (TPSA) is 76.7 Å². The second-order valence-electron chi connectivity index (χ2n) is 3.71. The first-order chi connectivity index (χ1) is 8.65. The van der Waals surface area contributed by atoms with Gasteiger partial charge in [0.15, 0.2) is 10.6 Å². The van der Waals surface area contributed by atoms with Crippen molar-refractivity contribution in [3.8, 4) is 0 Å². The normalized spacial score (nSPS) is 11.2. The number of nitrogens with one attached hydrogen (secondary N) is 1. The molecule has 0 radical (unpaired) electrons. The average molecular weight is 280 g/mol. The monoisotopic (exact) mass is 280 g/mol. The van der Waals surface area contributed by atoms with Gasteiger partial charge in [0, 0.05) is 6.92 Å². The third kappa shape index (κ3) is 1.79. The highest BCUT2D eigenvalue weighted by molar-refractivity contribution is 7.71. The van der Waals surface area contributed by atoms with Gasteiger partial charge in [-0.05, 0) is 23.7 Å². The maximum atomic E-state index is 12.2. The molecule has 0 saturated carbocycles. The molecule has 0 aliphatic rings. The van der Waals surface area contributed by atoms with E-state index in [1.54, 1.807) is 13.0 Å². The number of aromatic amines is 1. The van der Waals surface area contributed by atoms with Gasteiger partial charge in [0.2, 0.25) is 5.89 Å². The van der Waals surface area contributed by atoms with Crippen LogP contribution in [0.3, 0.4) is 0 Å². The van der Waals surface area contributed by atoms with Crippen LogP contribution in [0.1, 0.15) is 11.7 Å². The Hall–Kier alpha value is -1.80. The molecular weight excluding hydrogens is 272 g/mol. The van der Waals surface area contributed by atoms with Crippen LogP contribution in [0.25, 0.3) is 10.2 Å². The van der Waals surface area contributed by atoms with Crippen molar-refractivity contribution in [1.82, 2.24) is 19.7 Å². The molecule has 3 heterocycles. The van der Waals surface area contributed by atoms with Gasteiger partial charge in [0.05, 0.1) is 11.9 Å². The van der Waals surface area contributed by atoms with E-state index in [0.29, 0.717) is 21.9 Å². The third-order valence-corrected chi connectivity index (χ3v) is 3.63. The number of hydrogen-bond acceptors (Lipinski definition) is 6. The second-order valence-corrected chi connectivity index (χ2v) is 5.02. The van der Waals surface area contributed by atoms with Crippen LogP contribution in [-0.4, -0.2) is 19.7 Å². The zero-order chi connectivity index (χ0) is 12.7. The first-order valence-corrected chi connectivity index (χ1v) is 6.43. The number of thiophene rings is 1. The Balaban J connectivity index is 2.17. The lowest BCUT2D eigenvalue weighted by molar-refractivity contribution is 0.385. The smallest absolute Gasteiger partial charge is 0.263 e. The SMILES string of the molecule is Cc1nc(Cn2c(=S)[nH]c3sccc3c2=O)no1. The van der Waals surface area contributed by atoms with Gasteiger partial charge < -0.3 is 9.51 Å². The molecule has 0 spiro atoms. The molecule has 3 aromatic heterocycles. The molecule has 18 heavy (non-hydrogen) atoms. The lowest BCUT2D eigenvalue weighted by atomic mass is 10.4. The van der Waals surface area contributed by atoms with E-state index in [0.717, 1.165) is 4.83 Å². The van der Waals surface area contributed by atoms with Gasteiger partial charge in [-0.1, -0.05) is 5.16 Å². The second kappa shape index (κ2) is 4.14. The highest BCUT2D eigenvalue weighted by Crippen LogP contribution is 2.14. The maximum Gasteiger partial charge on any atom is 0.263 e. The van der Waals surface area contributed by atoms with Crippen molar-refractivity contribution >= 4 is 33.8 Å². The van der Waals surface area contributed by atoms with Gasteiger partial charge in [-0.15, -0.1) is 11.3 Å². The van der Waals surface area contributed by atoms with Crippen LogP contribution in [-0.2, 0) is 6.54 Å². The Morgan fingerprint density at radius 1 is 1.61 bits per heavy atom. The number of nitrogens with zero attached hydrogens (tertiary/aromatic N) is 3. The molecule has 1 N–H and O–H groups in total. The fourth-order valence-corrected chi connectivity index (χ4v) is 2.76. The molecule has 92 valence electrons. The van der Waals surface area contributed by atoms with Gasteiger partial charge in [-0.25, -0.2) is 0 Å². The fourth-order valence-electron chi connectivity index (χ4n) is 1.67. The van der Waals surface area contributed by atoms with Crippen molar-refractivity contribution in [2.75, 3.05) is 0 Å². The Morgan fingerprint density at radius 2 is 2.44 bits per heavy atom. The molecule has 0 bridgehead atoms. The van der Waals surface area contributed by atoms with E-state index < -0.39 is 0 Å². The van der Waals surface area contributed by atoms with Gasteiger partial charge in [0.1, 0.15) is 4.83 Å². The van der Waals surface area contributed by atoms with E-state index in [1.807, 2.05) is 5.38 Å². The number of hydrogen-bond donors (Lipinski definition) is 1. The number of aromatic nitrogens is 4. The van der Waals surface area contributed by atoms with Crippen molar-refractivity contribution in [1.29, 1.82) is 0 Å². The number of aryl methyl sites for hydroxylation is 1. The Bertz CT molecular complexity index is 826. The minimum Gasteiger partial charge on any atom is -0.340 e. The zero-order valence-electron chi connectivity index (χ0n) is 9.34. The summed E-state index contributed by atoms with van der Waals surface area (Å²) in [5.74, 6) is 0.897. The number of fused-ring (bicyclic) bond motifs is 1. The number of rotatable bonds is 2. The lowest BCUT2D eigenvalue weighted by Crippen LogP contribution is -2.22. The van der Waals surface area contributed by atoms with E-state index in [1.165, 1.54) is 15.9 Å². The first kappa shape index (κ1) is 11.3. The minimum atomic E-state index is -0.141. The molecule has 0 fully saturated rings.